The van der Waals surface area contributed by atoms with Crippen molar-refractivity contribution in [1.29, 1.82) is 0 Å². The number of imide groups is 1. The number of carbonyl (C=O) groups is 3. The van der Waals surface area contributed by atoms with Crippen LogP contribution in [0.15, 0.2) is 18.2 Å². The molecule has 26 heavy (non-hydrogen) atoms. The van der Waals surface area contributed by atoms with E-state index in [2.05, 4.69) is 10.6 Å². The van der Waals surface area contributed by atoms with Gasteiger partial charge in [0.05, 0.1) is 15.7 Å². The summed E-state index contributed by atoms with van der Waals surface area (Å²) in [5, 5.41) is 6.47. The summed E-state index contributed by atoms with van der Waals surface area (Å²) in [5.74, 6) is -0.399. The molecule has 4 amide bonds. The number of benzene rings is 1. The van der Waals surface area contributed by atoms with Gasteiger partial charge in [-0.25, -0.2) is 9.69 Å². The smallest absolute Gasteiger partial charge is 0.329 e. The van der Waals surface area contributed by atoms with Gasteiger partial charge in [0, 0.05) is 32.1 Å². The number of nitrogens with one attached hydrogen (secondary N) is 2. The van der Waals surface area contributed by atoms with Gasteiger partial charge in [0.1, 0.15) is 6.04 Å². The molecule has 2 aliphatic rings. The maximum atomic E-state index is 12.6. The average molecular weight is 399 g/mol. The molecule has 0 aliphatic carbocycles. The Morgan fingerprint density at radius 3 is 2.73 bits per heavy atom. The second kappa shape index (κ2) is 7.82. The average Bonchev–Trinajstić information content (AvgIpc) is 2.89. The van der Waals surface area contributed by atoms with E-state index in [-0.39, 0.29) is 29.8 Å². The van der Waals surface area contributed by atoms with E-state index in [1.54, 1.807) is 6.07 Å². The molecule has 1 aromatic rings. The summed E-state index contributed by atoms with van der Waals surface area (Å²) in [4.78, 5) is 40.1. The number of anilines is 1. The molecule has 0 radical (unpaired) electrons. The van der Waals surface area contributed by atoms with Crippen LogP contribution in [0.2, 0.25) is 10.0 Å². The molecule has 2 fully saturated rings. The van der Waals surface area contributed by atoms with Crippen LogP contribution in [-0.2, 0) is 9.59 Å². The summed E-state index contributed by atoms with van der Waals surface area (Å²) >= 11 is 11.8. The largest absolute Gasteiger partial charge is 0.337 e. The zero-order valence-electron chi connectivity index (χ0n) is 14.3. The van der Waals surface area contributed by atoms with Crippen LogP contribution in [0.5, 0.6) is 0 Å². The molecular weight excluding hydrogens is 379 g/mol. The maximum absolute atomic E-state index is 12.6. The molecule has 0 spiro atoms. The van der Waals surface area contributed by atoms with E-state index < -0.39 is 18.0 Å². The standard InChI is InChI=1S/C17H20Cl2N4O3/c1-10-9-20-6-7-22(10)15(24)5-4-14-16(25)23(17(26)21-14)11-2-3-12(18)13(19)8-11/h2-3,8,10,14,20H,4-7,9H2,1H3,(H,21,26)/t10-,14+/m1/s1. The fraction of sp³-hybridized carbons (Fsp3) is 0.471. The first kappa shape index (κ1) is 18.9. The summed E-state index contributed by atoms with van der Waals surface area (Å²) in [6, 6.07) is 3.43. The molecule has 7 nitrogen and oxygen atoms in total. The van der Waals surface area contributed by atoms with Gasteiger partial charge in [0.2, 0.25) is 5.91 Å². The van der Waals surface area contributed by atoms with E-state index in [0.29, 0.717) is 17.3 Å². The van der Waals surface area contributed by atoms with Gasteiger partial charge in [-0.3, -0.25) is 9.59 Å². The van der Waals surface area contributed by atoms with E-state index in [1.165, 1.54) is 12.1 Å². The van der Waals surface area contributed by atoms with Crippen LogP contribution in [0.3, 0.4) is 0 Å². The highest BCUT2D eigenvalue weighted by Gasteiger charge is 2.39. The second-order valence-electron chi connectivity index (χ2n) is 6.45. The predicted molar refractivity (Wildman–Crippen MR) is 99.5 cm³/mol. The lowest BCUT2D eigenvalue weighted by molar-refractivity contribution is -0.134. The second-order valence-corrected chi connectivity index (χ2v) is 7.27. The fourth-order valence-corrected chi connectivity index (χ4v) is 3.51. The Morgan fingerprint density at radius 1 is 1.27 bits per heavy atom. The molecule has 0 bridgehead atoms. The summed E-state index contributed by atoms with van der Waals surface area (Å²) in [7, 11) is 0. The van der Waals surface area contributed by atoms with Crippen molar-refractivity contribution in [3.05, 3.63) is 28.2 Å². The first-order chi connectivity index (χ1) is 12.4. The van der Waals surface area contributed by atoms with E-state index in [1.807, 2.05) is 11.8 Å². The molecule has 2 heterocycles. The fourth-order valence-electron chi connectivity index (χ4n) is 3.22. The van der Waals surface area contributed by atoms with Gasteiger partial charge < -0.3 is 15.5 Å². The highest BCUT2D eigenvalue weighted by atomic mass is 35.5. The highest BCUT2D eigenvalue weighted by molar-refractivity contribution is 6.42. The number of hydrogen-bond donors (Lipinski definition) is 2. The third-order valence-corrected chi connectivity index (χ3v) is 5.39. The van der Waals surface area contributed by atoms with Gasteiger partial charge in [-0.15, -0.1) is 0 Å². The molecule has 3 rings (SSSR count). The lowest BCUT2D eigenvalue weighted by Crippen LogP contribution is -2.52. The molecule has 0 saturated carbocycles. The van der Waals surface area contributed by atoms with E-state index in [4.69, 9.17) is 23.2 Å². The van der Waals surface area contributed by atoms with Crippen molar-refractivity contribution >= 4 is 46.7 Å². The number of urea groups is 1. The van der Waals surface area contributed by atoms with Crippen molar-refractivity contribution in [2.45, 2.75) is 31.8 Å². The molecular formula is C17H20Cl2N4O3. The Labute approximate surface area is 161 Å². The van der Waals surface area contributed by atoms with Gasteiger partial charge in [-0.2, -0.15) is 0 Å². The van der Waals surface area contributed by atoms with Crippen molar-refractivity contribution in [2.24, 2.45) is 0 Å². The van der Waals surface area contributed by atoms with Crippen LogP contribution >= 0.6 is 23.2 Å². The van der Waals surface area contributed by atoms with Crippen LogP contribution in [-0.4, -0.2) is 54.5 Å². The molecule has 2 aliphatic heterocycles. The molecule has 0 aromatic heterocycles. The van der Waals surface area contributed by atoms with Gasteiger partial charge in [0.15, 0.2) is 0 Å². The lowest BCUT2D eigenvalue weighted by atomic mass is 10.1. The molecule has 2 atom stereocenters. The van der Waals surface area contributed by atoms with Crippen LogP contribution in [0.4, 0.5) is 10.5 Å². The lowest BCUT2D eigenvalue weighted by Gasteiger charge is -2.34. The third-order valence-electron chi connectivity index (χ3n) is 4.65. The van der Waals surface area contributed by atoms with Gasteiger partial charge in [-0.05, 0) is 31.5 Å². The normalized spacial score (nSPS) is 23.3. The van der Waals surface area contributed by atoms with Gasteiger partial charge >= 0.3 is 6.03 Å². The maximum Gasteiger partial charge on any atom is 0.329 e. The Balaban J connectivity index is 1.63. The quantitative estimate of drug-likeness (QED) is 0.760. The zero-order chi connectivity index (χ0) is 18.8. The number of amides is 4. The highest BCUT2D eigenvalue weighted by Crippen LogP contribution is 2.29. The SMILES string of the molecule is C[C@@H]1CNCCN1C(=O)CC[C@@H]1NC(=O)N(c2ccc(Cl)c(Cl)c2)C1=O. The molecule has 9 heteroatoms. The first-order valence-electron chi connectivity index (χ1n) is 8.48. The molecule has 2 N–H and O–H groups in total. The van der Waals surface area contributed by atoms with E-state index in [0.717, 1.165) is 18.0 Å². The van der Waals surface area contributed by atoms with Crippen LogP contribution in [0.1, 0.15) is 19.8 Å². The Hall–Kier alpha value is -1.83. The van der Waals surface area contributed by atoms with Gasteiger partial charge in [-0.1, -0.05) is 23.2 Å². The van der Waals surface area contributed by atoms with Crippen molar-refractivity contribution < 1.29 is 14.4 Å². The number of hydrogen-bond acceptors (Lipinski definition) is 4. The summed E-state index contributed by atoms with van der Waals surface area (Å²) in [6.07, 6.45) is 0.466. The minimum Gasteiger partial charge on any atom is -0.337 e. The summed E-state index contributed by atoms with van der Waals surface area (Å²) in [6.45, 7) is 4.16. The number of halogens is 2. The summed E-state index contributed by atoms with van der Waals surface area (Å²) < 4.78 is 0. The van der Waals surface area contributed by atoms with Crippen molar-refractivity contribution in [1.82, 2.24) is 15.5 Å². The Morgan fingerprint density at radius 2 is 2.04 bits per heavy atom. The molecule has 2 saturated heterocycles. The minimum atomic E-state index is -0.723. The number of nitrogens with zero attached hydrogens (tertiary/aromatic N) is 2. The molecule has 0 unspecified atom stereocenters. The zero-order valence-corrected chi connectivity index (χ0v) is 15.8. The Bertz CT molecular complexity index is 743. The Kier molecular flexibility index (Phi) is 5.70. The summed E-state index contributed by atoms with van der Waals surface area (Å²) in [5.41, 5.74) is 0.353. The van der Waals surface area contributed by atoms with E-state index >= 15 is 0 Å². The number of rotatable bonds is 4. The monoisotopic (exact) mass is 398 g/mol. The number of carbonyl (C=O) groups excluding carboxylic acids is 3. The minimum absolute atomic E-state index is 0.00552. The van der Waals surface area contributed by atoms with Crippen LogP contribution in [0, 0.1) is 0 Å². The number of piperazine rings is 1. The van der Waals surface area contributed by atoms with Crippen LogP contribution < -0.4 is 15.5 Å². The molecule has 140 valence electrons. The molecule has 1 aromatic carbocycles. The van der Waals surface area contributed by atoms with Crippen molar-refractivity contribution in [3.8, 4) is 0 Å². The topological polar surface area (TPSA) is 81.8 Å². The predicted octanol–water partition coefficient (Wildman–Crippen LogP) is 2.02. The third kappa shape index (κ3) is 3.79. The van der Waals surface area contributed by atoms with E-state index in [9.17, 15) is 14.4 Å². The van der Waals surface area contributed by atoms with Crippen LogP contribution in [0.25, 0.3) is 0 Å². The van der Waals surface area contributed by atoms with Crippen molar-refractivity contribution in [2.75, 3.05) is 24.5 Å². The van der Waals surface area contributed by atoms with Crippen molar-refractivity contribution in [3.63, 3.8) is 0 Å². The first-order valence-corrected chi connectivity index (χ1v) is 9.24. The van der Waals surface area contributed by atoms with Gasteiger partial charge in [0.25, 0.3) is 5.91 Å².